The Kier molecular flexibility index (Phi) is 3.98. The van der Waals surface area contributed by atoms with Crippen LogP contribution in [0.2, 0.25) is 0 Å². The largest absolute Gasteiger partial charge is 0.379 e. The van der Waals surface area contributed by atoms with Crippen LogP contribution in [0, 0.1) is 0 Å². The lowest BCUT2D eigenvalue weighted by molar-refractivity contribution is 0.0555. The quantitative estimate of drug-likeness (QED) is 0.578. The molecular formula is C9H16N2O. The van der Waals surface area contributed by atoms with E-state index in [9.17, 15) is 0 Å². The van der Waals surface area contributed by atoms with Gasteiger partial charge in [0.15, 0.2) is 0 Å². The predicted molar refractivity (Wildman–Crippen MR) is 48.8 cm³/mol. The maximum absolute atomic E-state index is 5.33. The summed E-state index contributed by atoms with van der Waals surface area (Å²) in [6.45, 7) is 0. The summed E-state index contributed by atoms with van der Waals surface area (Å²) in [5, 5.41) is 0. The number of ether oxygens (including phenoxy) is 1. The Morgan fingerprint density at radius 3 is 2.75 bits per heavy atom. The van der Waals surface area contributed by atoms with E-state index >= 15 is 0 Å². The molecular weight excluding hydrogens is 152 g/mol. The molecule has 0 bridgehead atoms. The first-order valence-corrected chi connectivity index (χ1v) is 4.45. The van der Waals surface area contributed by atoms with E-state index < -0.39 is 0 Å². The van der Waals surface area contributed by atoms with Gasteiger partial charge in [0.05, 0.1) is 18.2 Å². The van der Waals surface area contributed by atoms with Crippen molar-refractivity contribution in [3.63, 3.8) is 0 Å². The van der Waals surface area contributed by atoms with Gasteiger partial charge in [0.2, 0.25) is 0 Å². The highest BCUT2D eigenvalue weighted by atomic mass is 16.5. The molecule has 0 radical (unpaired) electrons. The normalized spacial score (nSPS) is 29.2. The number of aliphatic imine (C=N–C) groups is 2. The van der Waals surface area contributed by atoms with Crippen LogP contribution in [-0.2, 0) is 4.74 Å². The molecule has 0 aliphatic heterocycles. The van der Waals surface area contributed by atoms with Crippen LogP contribution in [0.4, 0.5) is 0 Å². The van der Waals surface area contributed by atoms with Gasteiger partial charge in [-0.1, -0.05) is 12.8 Å². The second-order valence-corrected chi connectivity index (χ2v) is 3.08. The van der Waals surface area contributed by atoms with Crippen LogP contribution >= 0.6 is 0 Å². The maximum atomic E-state index is 5.33. The highest BCUT2D eigenvalue weighted by Crippen LogP contribution is 2.22. The molecule has 1 saturated carbocycles. The Morgan fingerprint density at radius 1 is 1.33 bits per heavy atom. The van der Waals surface area contributed by atoms with Gasteiger partial charge in [0, 0.05) is 14.2 Å². The number of hydrogen-bond donors (Lipinski definition) is 0. The Labute approximate surface area is 73.6 Å². The maximum Gasteiger partial charge on any atom is 0.0893 e. The van der Waals surface area contributed by atoms with Gasteiger partial charge in [0.25, 0.3) is 0 Å². The molecule has 0 amide bonds. The zero-order valence-electron chi connectivity index (χ0n) is 7.79. The highest BCUT2D eigenvalue weighted by molar-refractivity contribution is 5.41. The second-order valence-electron chi connectivity index (χ2n) is 3.08. The van der Waals surface area contributed by atoms with E-state index in [1.807, 2.05) is 0 Å². The van der Waals surface area contributed by atoms with Crippen LogP contribution in [0.5, 0.6) is 0 Å². The van der Waals surface area contributed by atoms with E-state index in [0.29, 0.717) is 0 Å². The standard InChI is InChI=1S/C9H16N2O/c1-10-7-11-8-5-3-4-6-9(8)12-2/h8-9H,3-6H2,1-2H3. The second kappa shape index (κ2) is 5.07. The molecule has 0 aromatic heterocycles. The molecule has 0 N–H and O–H groups in total. The first-order valence-electron chi connectivity index (χ1n) is 4.45. The van der Waals surface area contributed by atoms with Gasteiger partial charge in [-0.15, -0.1) is 0 Å². The summed E-state index contributed by atoms with van der Waals surface area (Å²) < 4.78 is 5.33. The average molecular weight is 168 g/mol. The zero-order valence-corrected chi connectivity index (χ0v) is 7.79. The monoisotopic (exact) mass is 168 g/mol. The van der Waals surface area contributed by atoms with Crippen molar-refractivity contribution >= 4 is 6.01 Å². The van der Waals surface area contributed by atoms with Crippen molar-refractivity contribution in [2.45, 2.75) is 37.8 Å². The summed E-state index contributed by atoms with van der Waals surface area (Å²) in [6, 6.07) is 2.94. The van der Waals surface area contributed by atoms with Gasteiger partial charge in [-0.3, -0.25) is 0 Å². The molecule has 68 valence electrons. The number of methoxy groups -OCH3 is 1. The van der Waals surface area contributed by atoms with Gasteiger partial charge in [-0.05, 0) is 12.8 Å². The van der Waals surface area contributed by atoms with Crippen molar-refractivity contribution in [2.24, 2.45) is 9.98 Å². The fourth-order valence-electron chi connectivity index (χ4n) is 1.63. The lowest BCUT2D eigenvalue weighted by Gasteiger charge is -2.26. The summed E-state index contributed by atoms with van der Waals surface area (Å²) >= 11 is 0. The number of rotatable bonds is 2. The number of nitrogens with zero attached hydrogens (tertiary/aromatic N) is 2. The molecule has 0 saturated heterocycles. The molecule has 1 rings (SSSR count). The Bertz CT molecular complexity index is 185. The van der Waals surface area contributed by atoms with E-state index in [2.05, 4.69) is 16.0 Å². The molecule has 1 aliphatic rings. The molecule has 3 nitrogen and oxygen atoms in total. The molecule has 1 aliphatic carbocycles. The van der Waals surface area contributed by atoms with Crippen molar-refractivity contribution in [3.05, 3.63) is 0 Å². The molecule has 2 atom stereocenters. The summed E-state index contributed by atoms with van der Waals surface area (Å²) in [5.41, 5.74) is 0. The van der Waals surface area contributed by atoms with Crippen LogP contribution in [-0.4, -0.2) is 32.3 Å². The molecule has 0 spiro atoms. The minimum atomic E-state index is 0.285. The summed E-state index contributed by atoms with van der Waals surface area (Å²) in [6.07, 6.45) is 5.03. The van der Waals surface area contributed by atoms with Crippen LogP contribution < -0.4 is 0 Å². The van der Waals surface area contributed by atoms with Crippen LogP contribution in [0.3, 0.4) is 0 Å². The Morgan fingerprint density at radius 2 is 2.08 bits per heavy atom. The third kappa shape index (κ3) is 2.43. The lowest BCUT2D eigenvalue weighted by atomic mass is 9.93. The number of hydrogen-bond acceptors (Lipinski definition) is 3. The summed E-state index contributed by atoms with van der Waals surface area (Å²) in [7, 11) is 3.44. The van der Waals surface area contributed by atoms with Crippen LogP contribution in [0.15, 0.2) is 9.98 Å². The molecule has 12 heavy (non-hydrogen) atoms. The lowest BCUT2D eigenvalue weighted by Crippen LogP contribution is -2.29. The third-order valence-electron chi connectivity index (χ3n) is 2.29. The van der Waals surface area contributed by atoms with Crippen molar-refractivity contribution in [3.8, 4) is 0 Å². The first kappa shape index (κ1) is 9.43. The van der Waals surface area contributed by atoms with E-state index in [1.165, 1.54) is 12.8 Å². The van der Waals surface area contributed by atoms with Gasteiger partial charge in [-0.25, -0.2) is 9.98 Å². The summed E-state index contributed by atoms with van der Waals surface area (Å²) in [5.74, 6) is 0. The van der Waals surface area contributed by atoms with Crippen molar-refractivity contribution < 1.29 is 4.74 Å². The molecule has 0 aromatic rings. The molecule has 1 fully saturated rings. The average Bonchev–Trinajstić information content (AvgIpc) is 2.15. The fraction of sp³-hybridized carbons (Fsp3) is 0.889. The molecule has 2 unspecified atom stereocenters. The Hall–Kier alpha value is -0.660. The van der Waals surface area contributed by atoms with Gasteiger partial charge in [0.1, 0.15) is 0 Å². The highest BCUT2D eigenvalue weighted by Gasteiger charge is 2.23. The van der Waals surface area contributed by atoms with Gasteiger partial charge in [-0.2, -0.15) is 0 Å². The predicted octanol–water partition coefficient (Wildman–Crippen LogP) is 1.75. The van der Waals surface area contributed by atoms with Crippen molar-refractivity contribution in [2.75, 3.05) is 14.2 Å². The van der Waals surface area contributed by atoms with Crippen molar-refractivity contribution in [1.29, 1.82) is 0 Å². The third-order valence-corrected chi connectivity index (χ3v) is 2.29. The SMILES string of the molecule is CN=C=NC1CCCCC1OC. The van der Waals surface area contributed by atoms with Gasteiger partial charge < -0.3 is 4.74 Å². The minimum Gasteiger partial charge on any atom is -0.379 e. The minimum absolute atomic E-state index is 0.285. The Balaban J connectivity index is 2.52. The first-order chi connectivity index (χ1) is 5.88. The smallest absolute Gasteiger partial charge is 0.0893 e. The molecule has 0 heterocycles. The van der Waals surface area contributed by atoms with E-state index in [1.54, 1.807) is 14.2 Å². The topological polar surface area (TPSA) is 34.0 Å². The molecule has 0 aromatic carbocycles. The van der Waals surface area contributed by atoms with Crippen molar-refractivity contribution in [1.82, 2.24) is 0 Å². The van der Waals surface area contributed by atoms with Crippen LogP contribution in [0.25, 0.3) is 0 Å². The van der Waals surface area contributed by atoms with E-state index in [-0.39, 0.29) is 12.1 Å². The van der Waals surface area contributed by atoms with Crippen LogP contribution in [0.1, 0.15) is 25.7 Å². The summed E-state index contributed by atoms with van der Waals surface area (Å²) in [4.78, 5) is 7.94. The van der Waals surface area contributed by atoms with E-state index in [4.69, 9.17) is 4.74 Å². The van der Waals surface area contributed by atoms with Gasteiger partial charge >= 0.3 is 0 Å². The zero-order chi connectivity index (χ0) is 8.81. The van der Waals surface area contributed by atoms with E-state index in [0.717, 1.165) is 12.8 Å². The molecule has 3 heteroatoms. The fourth-order valence-corrected chi connectivity index (χ4v) is 1.63.